The second-order valence-electron chi connectivity index (χ2n) is 2.84. The average molecular weight is 312 g/mol. The zero-order chi connectivity index (χ0) is 11.4. The Hall–Kier alpha value is -0.220. The predicted octanol–water partition coefficient (Wildman–Crippen LogP) is 3.77. The third kappa shape index (κ3) is 3.68. The molecule has 0 atom stereocenters. The minimum absolute atomic E-state index is 0.176. The van der Waals surface area contributed by atoms with Crippen molar-refractivity contribution in [3.8, 4) is 5.75 Å². The molecule has 1 aromatic carbocycles. The van der Waals surface area contributed by atoms with E-state index >= 15 is 0 Å². The van der Waals surface area contributed by atoms with Gasteiger partial charge in [-0.15, -0.1) is 0 Å². The Kier molecular flexibility index (Phi) is 4.93. The number of halogens is 3. The highest BCUT2D eigenvalue weighted by Crippen LogP contribution is 2.32. The molecule has 2 nitrogen and oxygen atoms in total. The molecule has 15 heavy (non-hydrogen) atoms. The Morgan fingerprint density at radius 3 is 2.67 bits per heavy atom. The van der Waals surface area contributed by atoms with Gasteiger partial charge in [0.2, 0.25) is 0 Å². The number of ether oxygens (including phenoxy) is 1. The molecule has 0 saturated heterocycles. The normalized spacial score (nSPS) is 10.1. The molecule has 0 radical (unpaired) electrons. The van der Waals surface area contributed by atoms with Crippen LogP contribution in [-0.4, -0.2) is 11.7 Å². The molecule has 1 rings (SSSR count). The molecule has 0 saturated carbocycles. The first kappa shape index (κ1) is 12.8. The van der Waals surface area contributed by atoms with Crippen LogP contribution in [0.1, 0.15) is 5.56 Å². The van der Waals surface area contributed by atoms with Gasteiger partial charge in [0, 0.05) is 15.1 Å². The Balaban J connectivity index is 2.98. The third-order valence-corrected chi connectivity index (χ3v) is 2.36. The maximum Gasteiger partial charge on any atom is 0.144 e. The molecule has 0 fully saturated rings. The van der Waals surface area contributed by atoms with E-state index in [-0.39, 0.29) is 13.2 Å². The van der Waals surface area contributed by atoms with Gasteiger partial charge in [0.1, 0.15) is 12.4 Å². The summed E-state index contributed by atoms with van der Waals surface area (Å²) in [7, 11) is 0. The first-order valence-corrected chi connectivity index (χ1v) is 5.64. The summed E-state index contributed by atoms with van der Waals surface area (Å²) >= 11 is 14.9. The second kappa shape index (κ2) is 5.75. The second-order valence-corrected chi connectivity index (χ2v) is 4.81. The van der Waals surface area contributed by atoms with Gasteiger partial charge in [0.05, 0.1) is 11.6 Å². The van der Waals surface area contributed by atoms with Crippen LogP contribution in [0, 0.1) is 0 Å². The summed E-state index contributed by atoms with van der Waals surface area (Å²) in [6.07, 6.45) is 0. The van der Waals surface area contributed by atoms with Crippen molar-refractivity contribution in [1.82, 2.24) is 0 Å². The fourth-order valence-corrected chi connectivity index (χ4v) is 1.75. The zero-order valence-electron chi connectivity index (χ0n) is 7.77. The van der Waals surface area contributed by atoms with Gasteiger partial charge >= 0.3 is 0 Å². The maximum atomic E-state index is 9.10. The maximum absolute atomic E-state index is 9.10. The molecular formula is C10H9BrCl2O2. The van der Waals surface area contributed by atoms with Crippen LogP contribution in [-0.2, 0) is 6.61 Å². The van der Waals surface area contributed by atoms with E-state index in [0.29, 0.717) is 25.8 Å². The van der Waals surface area contributed by atoms with Crippen LogP contribution in [0.15, 0.2) is 23.2 Å². The predicted molar refractivity (Wildman–Crippen MR) is 65.9 cm³/mol. The topological polar surface area (TPSA) is 29.5 Å². The van der Waals surface area contributed by atoms with Gasteiger partial charge in [-0.1, -0.05) is 45.7 Å². The van der Waals surface area contributed by atoms with Crippen LogP contribution in [0.2, 0.25) is 10.0 Å². The highest BCUT2D eigenvalue weighted by atomic mass is 79.9. The smallest absolute Gasteiger partial charge is 0.144 e. The Morgan fingerprint density at radius 1 is 1.47 bits per heavy atom. The summed E-state index contributed by atoms with van der Waals surface area (Å²) in [5.74, 6) is 0.434. The first-order valence-electron chi connectivity index (χ1n) is 4.09. The van der Waals surface area contributed by atoms with E-state index in [2.05, 4.69) is 22.5 Å². The Morgan fingerprint density at radius 2 is 2.13 bits per heavy atom. The van der Waals surface area contributed by atoms with Crippen molar-refractivity contribution in [3.63, 3.8) is 0 Å². The SMILES string of the molecule is C=C(Br)COc1c(Cl)cc(Cl)cc1CO. The number of benzene rings is 1. The van der Waals surface area contributed by atoms with Gasteiger partial charge in [0.25, 0.3) is 0 Å². The lowest BCUT2D eigenvalue weighted by atomic mass is 10.2. The van der Waals surface area contributed by atoms with Crippen molar-refractivity contribution >= 4 is 39.1 Å². The van der Waals surface area contributed by atoms with Gasteiger partial charge in [-0.3, -0.25) is 0 Å². The van der Waals surface area contributed by atoms with Gasteiger partial charge in [-0.2, -0.15) is 0 Å². The van der Waals surface area contributed by atoms with Crippen LogP contribution >= 0.6 is 39.1 Å². The van der Waals surface area contributed by atoms with Crippen LogP contribution in [0.4, 0.5) is 0 Å². The van der Waals surface area contributed by atoms with Gasteiger partial charge in [-0.05, 0) is 12.1 Å². The molecule has 0 bridgehead atoms. The summed E-state index contributed by atoms with van der Waals surface area (Å²) in [6, 6.07) is 3.17. The number of hydrogen-bond donors (Lipinski definition) is 1. The van der Waals surface area contributed by atoms with Crippen molar-refractivity contribution in [2.75, 3.05) is 6.61 Å². The molecule has 0 aromatic heterocycles. The Bertz CT molecular complexity index is 380. The van der Waals surface area contributed by atoms with Crippen molar-refractivity contribution in [2.45, 2.75) is 6.61 Å². The summed E-state index contributed by atoms with van der Waals surface area (Å²) in [5.41, 5.74) is 0.557. The molecule has 1 N–H and O–H groups in total. The fraction of sp³-hybridized carbons (Fsp3) is 0.200. The summed E-state index contributed by atoms with van der Waals surface area (Å²) < 4.78 is 6.07. The van der Waals surface area contributed by atoms with Crippen molar-refractivity contribution in [2.24, 2.45) is 0 Å². The lowest BCUT2D eigenvalue weighted by Gasteiger charge is -2.11. The number of rotatable bonds is 4. The number of aliphatic hydroxyl groups is 1. The van der Waals surface area contributed by atoms with Crippen molar-refractivity contribution in [1.29, 1.82) is 0 Å². The zero-order valence-corrected chi connectivity index (χ0v) is 10.9. The fourth-order valence-electron chi connectivity index (χ4n) is 1.04. The molecule has 1 aromatic rings. The van der Waals surface area contributed by atoms with Crippen LogP contribution < -0.4 is 4.74 Å². The third-order valence-electron chi connectivity index (χ3n) is 1.63. The number of hydrogen-bond acceptors (Lipinski definition) is 2. The molecule has 0 unspecified atom stereocenters. The highest BCUT2D eigenvalue weighted by molar-refractivity contribution is 9.11. The van der Waals surface area contributed by atoms with Gasteiger partial charge < -0.3 is 9.84 Å². The molecule has 0 aliphatic rings. The van der Waals surface area contributed by atoms with Gasteiger partial charge in [-0.25, -0.2) is 0 Å². The quantitative estimate of drug-likeness (QED) is 0.917. The Labute approximate surface area is 107 Å². The molecule has 0 spiro atoms. The average Bonchev–Trinajstić information content (AvgIpc) is 2.14. The largest absolute Gasteiger partial charge is 0.486 e. The van der Waals surface area contributed by atoms with Crippen LogP contribution in [0.25, 0.3) is 0 Å². The molecule has 0 aliphatic heterocycles. The van der Waals surface area contributed by atoms with E-state index in [1.165, 1.54) is 0 Å². The lowest BCUT2D eigenvalue weighted by Crippen LogP contribution is -2.00. The summed E-state index contributed by atoms with van der Waals surface area (Å²) in [5, 5.41) is 9.94. The van der Waals surface area contributed by atoms with Crippen LogP contribution in [0.3, 0.4) is 0 Å². The standard InChI is InChI=1S/C10H9BrCl2O2/c1-6(11)5-15-10-7(4-14)2-8(12)3-9(10)13/h2-3,14H,1,4-5H2. The lowest BCUT2D eigenvalue weighted by molar-refractivity contribution is 0.270. The molecule has 0 heterocycles. The van der Waals surface area contributed by atoms with Crippen molar-refractivity contribution < 1.29 is 9.84 Å². The minimum atomic E-state index is -0.176. The minimum Gasteiger partial charge on any atom is -0.486 e. The van der Waals surface area contributed by atoms with E-state index in [9.17, 15) is 0 Å². The molecule has 82 valence electrons. The summed E-state index contributed by atoms with van der Waals surface area (Å²) in [6.45, 7) is 3.74. The van der Waals surface area contributed by atoms with E-state index in [1.54, 1.807) is 12.1 Å². The molecule has 5 heteroatoms. The molecule has 0 amide bonds. The van der Waals surface area contributed by atoms with Crippen molar-refractivity contribution in [3.05, 3.63) is 38.8 Å². The first-order chi connectivity index (χ1) is 7.04. The van der Waals surface area contributed by atoms with Gasteiger partial charge in [0.15, 0.2) is 0 Å². The van der Waals surface area contributed by atoms with E-state index in [1.807, 2.05) is 0 Å². The number of aliphatic hydroxyl groups excluding tert-OH is 1. The monoisotopic (exact) mass is 310 g/mol. The van der Waals surface area contributed by atoms with E-state index in [0.717, 1.165) is 0 Å². The summed E-state index contributed by atoms with van der Waals surface area (Å²) in [4.78, 5) is 0. The van der Waals surface area contributed by atoms with E-state index in [4.69, 9.17) is 33.0 Å². The highest BCUT2D eigenvalue weighted by Gasteiger charge is 2.10. The molecular weight excluding hydrogens is 303 g/mol. The van der Waals surface area contributed by atoms with Crippen LogP contribution in [0.5, 0.6) is 5.75 Å². The molecule has 0 aliphatic carbocycles. The van der Waals surface area contributed by atoms with E-state index < -0.39 is 0 Å².